The summed E-state index contributed by atoms with van der Waals surface area (Å²) in [6.07, 6.45) is 1.67. The summed E-state index contributed by atoms with van der Waals surface area (Å²) < 4.78 is 11.0. The Bertz CT molecular complexity index is 695. The zero-order valence-electron chi connectivity index (χ0n) is 13.5. The van der Waals surface area contributed by atoms with E-state index in [2.05, 4.69) is 11.9 Å². The molecule has 0 saturated heterocycles. The van der Waals surface area contributed by atoms with Crippen molar-refractivity contribution in [2.75, 3.05) is 18.5 Å². The molecule has 0 aliphatic carbocycles. The van der Waals surface area contributed by atoms with Crippen molar-refractivity contribution in [2.24, 2.45) is 0 Å². The van der Waals surface area contributed by atoms with Gasteiger partial charge < -0.3 is 14.8 Å². The van der Waals surface area contributed by atoms with Gasteiger partial charge in [-0.15, -0.1) is 0 Å². The molecule has 0 atom stereocenters. The molecular formula is C19H21NO3. The molecule has 120 valence electrons. The molecule has 0 aliphatic rings. The van der Waals surface area contributed by atoms with Crippen LogP contribution in [0.2, 0.25) is 0 Å². The normalized spacial score (nSPS) is 10.0. The molecule has 0 radical (unpaired) electrons. The molecule has 0 bridgehead atoms. The average molecular weight is 311 g/mol. The molecule has 0 unspecified atom stereocenters. The van der Waals surface area contributed by atoms with Crippen molar-refractivity contribution >= 4 is 11.6 Å². The molecule has 0 fully saturated rings. The Morgan fingerprint density at radius 1 is 1.17 bits per heavy atom. The summed E-state index contributed by atoms with van der Waals surface area (Å²) in [5.74, 6) is 1.18. The number of nitrogens with one attached hydrogen (secondary N) is 1. The van der Waals surface area contributed by atoms with Gasteiger partial charge in [0.15, 0.2) is 6.61 Å². The molecule has 0 aliphatic heterocycles. The van der Waals surface area contributed by atoms with Crippen LogP contribution < -0.4 is 14.8 Å². The fourth-order valence-electron chi connectivity index (χ4n) is 2.12. The number of benzene rings is 2. The maximum absolute atomic E-state index is 12.0. The van der Waals surface area contributed by atoms with Crippen molar-refractivity contribution in [1.29, 1.82) is 0 Å². The van der Waals surface area contributed by atoms with Crippen LogP contribution in [-0.4, -0.2) is 19.1 Å². The van der Waals surface area contributed by atoms with Crippen LogP contribution in [0, 0.1) is 13.8 Å². The zero-order chi connectivity index (χ0) is 16.7. The summed E-state index contributed by atoms with van der Waals surface area (Å²) in [4.78, 5) is 12.0. The second-order valence-corrected chi connectivity index (χ2v) is 5.23. The van der Waals surface area contributed by atoms with E-state index in [1.165, 1.54) is 0 Å². The van der Waals surface area contributed by atoms with Crippen LogP contribution in [0.1, 0.15) is 11.1 Å². The second-order valence-electron chi connectivity index (χ2n) is 5.23. The van der Waals surface area contributed by atoms with Gasteiger partial charge in [-0.05, 0) is 37.6 Å². The van der Waals surface area contributed by atoms with Crippen LogP contribution in [0.4, 0.5) is 5.69 Å². The first kappa shape index (κ1) is 16.6. The van der Waals surface area contributed by atoms with Gasteiger partial charge in [0.25, 0.3) is 5.91 Å². The van der Waals surface area contributed by atoms with Crippen molar-refractivity contribution in [3.8, 4) is 11.5 Å². The minimum atomic E-state index is -0.217. The SMILES string of the molecule is C=CCOc1cccc(NC(=O)COc2ccc(C)cc2C)c1. The molecule has 2 aromatic rings. The van der Waals surface area contributed by atoms with E-state index in [0.29, 0.717) is 23.8 Å². The molecule has 0 spiro atoms. The highest BCUT2D eigenvalue weighted by molar-refractivity contribution is 5.92. The highest BCUT2D eigenvalue weighted by Gasteiger charge is 2.06. The molecular weight excluding hydrogens is 290 g/mol. The number of aryl methyl sites for hydroxylation is 2. The predicted molar refractivity (Wildman–Crippen MR) is 92.2 cm³/mol. The first-order chi connectivity index (χ1) is 11.1. The van der Waals surface area contributed by atoms with Crippen LogP contribution in [0.25, 0.3) is 0 Å². The molecule has 1 N–H and O–H groups in total. The van der Waals surface area contributed by atoms with Gasteiger partial charge in [-0.2, -0.15) is 0 Å². The summed E-state index contributed by atoms with van der Waals surface area (Å²) in [5, 5.41) is 2.79. The molecule has 2 rings (SSSR count). The fraction of sp³-hybridized carbons (Fsp3) is 0.211. The topological polar surface area (TPSA) is 47.6 Å². The van der Waals surface area contributed by atoms with Crippen molar-refractivity contribution in [2.45, 2.75) is 13.8 Å². The first-order valence-corrected chi connectivity index (χ1v) is 7.42. The molecule has 0 saturated carbocycles. The quantitative estimate of drug-likeness (QED) is 0.789. The summed E-state index contributed by atoms with van der Waals surface area (Å²) in [6, 6.07) is 13.1. The maximum atomic E-state index is 12.0. The number of amides is 1. The largest absolute Gasteiger partial charge is 0.489 e. The minimum Gasteiger partial charge on any atom is -0.489 e. The van der Waals surface area contributed by atoms with Gasteiger partial charge in [-0.25, -0.2) is 0 Å². The standard InChI is InChI=1S/C19H21NO3/c1-4-10-22-17-7-5-6-16(12-17)20-19(21)13-23-18-9-8-14(2)11-15(18)3/h4-9,11-12H,1,10,13H2,2-3H3,(H,20,21). The van der Waals surface area contributed by atoms with E-state index in [0.717, 1.165) is 11.1 Å². The third-order valence-electron chi connectivity index (χ3n) is 3.17. The van der Waals surface area contributed by atoms with Crippen LogP contribution in [0.15, 0.2) is 55.1 Å². The Balaban J connectivity index is 1.90. The van der Waals surface area contributed by atoms with E-state index in [-0.39, 0.29) is 12.5 Å². The van der Waals surface area contributed by atoms with Crippen molar-refractivity contribution in [1.82, 2.24) is 0 Å². The van der Waals surface area contributed by atoms with E-state index >= 15 is 0 Å². The molecule has 2 aromatic carbocycles. The zero-order valence-corrected chi connectivity index (χ0v) is 13.5. The van der Waals surface area contributed by atoms with Gasteiger partial charge in [0.1, 0.15) is 18.1 Å². The van der Waals surface area contributed by atoms with Gasteiger partial charge in [0.2, 0.25) is 0 Å². The van der Waals surface area contributed by atoms with E-state index in [9.17, 15) is 4.79 Å². The number of anilines is 1. The third-order valence-corrected chi connectivity index (χ3v) is 3.17. The summed E-state index contributed by atoms with van der Waals surface area (Å²) >= 11 is 0. The Morgan fingerprint density at radius 2 is 2.00 bits per heavy atom. The number of ether oxygens (including phenoxy) is 2. The second kappa shape index (κ2) is 8.03. The number of hydrogen-bond acceptors (Lipinski definition) is 3. The van der Waals surface area contributed by atoms with Gasteiger partial charge in [-0.1, -0.05) is 36.4 Å². The summed E-state index contributed by atoms with van der Waals surface area (Å²) in [5.41, 5.74) is 2.84. The Morgan fingerprint density at radius 3 is 2.74 bits per heavy atom. The van der Waals surface area contributed by atoms with E-state index in [1.807, 2.05) is 44.2 Å². The Kier molecular flexibility index (Phi) is 5.80. The average Bonchev–Trinajstić information content (AvgIpc) is 2.52. The van der Waals surface area contributed by atoms with Gasteiger partial charge in [-0.3, -0.25) is 4.79 Å². The Labute approximate surface area is 136 Å². The fourth-order valence-corrected chi connectivity index (χ4v) is 2.12. The number of carbonyl (C=O) groups is 1. The monoisotopic (exact) mass is 311 g/mol. The molecule has 4 heteroatoms. The lowest BCUT2D eigenvalue weighted by Gasteiger charge is -2.11. The number of carbonyl (C=O) groups excluding carboxylic acids is 1. The van der Waals surface area contributed by atoms with Crippen LogP contribution >= 0.6 is 0 Å². The van der Waals surface area contributed by atoms with E-state index in [4.69, 9.17) is 9.47 Å². The molecule has 4 nitrogen and oxygen atoms in total. The van der Waals surface area contributed by atoms with Crippen molar-refractivity contribution < 1.29 is 14.3 Å². The molecule has 23 heavy (non-hydrogen) atoms. The lowest BCUT2D eigenvalue weighted by Crippen LogP contribution is -2.20. The number of rotatable bonds is 7. The molecule has 0 heterocycles. The van der Waals surface area contributed by atoms with Gasteiger partial charge in [0, 0.05) is 11.8 Å². The smallest absolute Gasteiger partial charge is 0.262 e. The van der Waals surface area contributed by atoms with Gasteiger partial charge >= 0.3 is 0 Å². The van der Waals surface area contributed by atoms with Crippen LogP contribution in [0.3, 0.4) is 0 Å². The van der Waals surface area contributed by atoms with Crippen LogP contribution in [0.5, 0.6) is 11.5 Å². The lowest BCUT2D eigenvalue weighted by atomic mass is 10.1. The highest BCUT2D eigenvalue weighted by atomic mass is 16.5. The minimum absolute atomic E-state index is 0.0400. The maximum Gasteiger partial charge on any atom is 0.262 e. The molecule has 1 amide bonds. The third kappa shape index (κ3) is 5.18. The lowest BCUT2D eigenvalue weighted by molar-refractivity contribution is -0.118. The molecule has 0 aromatic heterocycles. The van der Waals surface area contributed by atoms with E-state index < -0.39 is 0 Å². The number of hydrogen-bond donors (Lipinski definition) is 1. The highest BCUT2D eigenvalue weighted by Crippen LogP contribution is 2.19. The summed E-state index contributed by atoms with van der Waals surface area (Å²) in [6.45, 7) is 7.96. The predicted octanol–water partition coefficient (Wildman–Crippen LogP) is 3.89. The Hall–Kier alpha value is -2.75. The van der Waals surface area contributed by atoms with Crippen LogP contribution in [-0.2, 0) is 4.79 Å². The van der Waals surface area contributed by atoms with Gasteiger partial charge in [0.05, 0.1) is 0 Å². The van der Waals surface area contributed by atoms with Crippen molar-refractivity contribution in [3.05, 3.63) is 66.2 Å². The first-order valence-electron chi connectivity index (χ1n) is 7.42. The van der Waals surface area contributed by atoms with Crippen molar-refractivity contribution in [3.63, 3.8) is 0 Å². The summed E-state index contributed by atoms with van der Waals surface area (Å²) in [7, 11) is 0. The van der Waals surface area contributed by atoms with E-state index in [1.54, 1.807) is 18.2 Å².